The number of hydrogen-bond acceptors (Lipinski definition) is 3. The first-order valence-corrected chi connectivity index (χ1v) is 6.80. The molecule has 5 nitrogen and oxygen atoms in total. The van der Waals surface area contributed by atoms with Crippen LogP contribution in [0.2, 0.25) is 0 Å². The minimum Gasteiger partial charge on any atom is -0.344 e. The van der Waals surface area contributed by atoms with E-state index < -0.39 is 0 Å². The van der Waals surface area contributed by atoms with E-state index in [0.29, 0.717) is 18.5 Å². The second-order valence-electron chi connectivity index (χ2n) is 5.63. The Morgan fingerprint density at radius 1 is 1.37 bits per heavy atom. The van der Waals surface area contributed by atoms with Crippen LogP contribution in [0.1, 0.15) is 25.0 Å². The minimum atomic E-state index is 0.00681. The third-order valence-electron chi connectivity index (χ3n) is 4.11. The van der Waals surface area contributed by atoms with Crippen molar-refractivity contribution in [3.05, 3.63) is 34.2 Å². The van der Waals surface area contributed by atoms with Gasteiger partial charge in [-0.05, 0) is 18.4 Å². The van der Waals surface area contributed by atoms with Gasteiger partial charge in [-0.15, -0.1) is 0 Å². The van der Waals surface area contributed by atoms with E-state index in [2.05, 4.69) is 16.3 Å². The number of aromatic nitrogens is 1. The fraction of sp³-hybridized carbons (Fsp3) is 0.571. The zero-order chi connectivity index (χ0) is 13.4. The number of pyridine rings is 1. The summed E-state index contributed by atoms with van der Waals surface area (Å²) in [6.07, 6.45) is 1.15. The van der Waals surface area contributed by atoms with Gasteiger partial charge in [0.15, 0.2) is 0 Å². The van der Waals surface area contributed by atoms with Crippen molar-refractivity contribution in [1.82, 2.24) is 14.8 Å². The largest absolute Gasteiger partial charge is 0.344 e. The van der Waals surface area contributed by atoms with Crippen molar-refractivity contribution in [3.8, 4) is 0 Å². The minimum absolute atomic E-state index is 0.00681. The predicted molar refractivity (Wildman–Crippen MR) is 71.8 cm³/mol. The second kappa shape index (κ2) is 4.81. The molecule has 1 fully saturated rings. The number of piperidine rings is 1. The van der Waals surface area contributed by atoms with Gasteiger partial charge in [-0.25, -0.2) is 0 Å². The van der Waals surface area contributed by atoms with Crippen LogP contribution in [-0.4, -0.2) is 35.1 Å². The fourth-order valence-electron chi connectivity index (χ4n) is 3.35. The van der Waals surface area contributed by atoms with Crippen molar-refractivity contribution in [3.63, 3.8) is 0 Å². The average molecular weight is 261 g/mol. The molecule has 3 heterocycles. The van der Waals surface area contributed by atoms with Crippen molar-refractivity contribution >= 4 is 5.91 Å². The monoisotopic (exact) mass is 261 g/mol. The van der Waals surface area contributed by atoms with Crippen LogP contribution in [-0.2, 0) is 11.3 Å². The van der Waals surface area contributed by atoms with Gasteiger partial charge in [-0.2, -0.15) is 0 Å². The maximum absolute atomic E-state index is 11.9. The molecule has 1 N–H and O–H groups in total. The van der Waals surface area contributed by atoms with Crippen LogP contribution in [0.4, 0.5) is 0 Å². The Morgan fingerprint density at radius 2 is 2.21 bits per heavy atom. The highest BCUT2D eigenvalue weighted by Crippen LogP contribution is 2.34. The molecule has 2 aliphatic heterocycles. The zero-order valence-corrected chi connectivity index (χ0v) is 11.1. The predicted octanol–water partition coefficient (Wildman–Crippen LogP) is 0.361. The maximum atomic E-state index is 11.9. The van der Waals surface area contributed by atoms with Crippen LogP contribution < -0.4 is 10.9 Å². The van der Waals surface area contributed by atoms with Crippen molar-refractivity contribution in [1.29, 1.82) is 0 Å². The molecule has 0 spiro atoms. The normalized spacial score (nSPS) is 25.7. The third kappa shape index (κ3) is 2.42. The van der Waals surface area contributed by atoms with E-state index in [1.54, 1.807) is 13.0 Å². The van der Waals surface area contributed by atoms with Gasteiger partial charge in [-0.3, -0.25) is 14.5 Å². The number of carbonyl (C=O) groups is 1. The molecule has 0 aromatic carbocycles. The lowest BCUT2D eigenvalue weighted by Gasteiger charge is -2.42. The Hall–Kier alpha value is -1.62. The number of nitrogens with zero attached hydrogens (tertiary/aromatic N) is 2. The smallest absolute Gasteiger partial charge is 0.250 e. The van der Waals surface area contributed by atoms with E-state index in [4.69, 9.17) is 0 Å². The summed E-state index contributed by atoms with van der Waals surface area (Å²) in [5, 5.41) is 2.86. The summed E-state index contributed by atoms with van der Waals surface area (Å²) in [6, 6.07) is 5.55. The van der Waals surface area contributed by atoms with E-state index in [1.807, 2.05) is 10.6 Å². The summed E-state index contributed by atoms with van der Waals surface area (Å²) in [7, 11) is 0. The molecule has 2 atom stereocenters. The Bertz CT molecular complexity index is 552. The van der Waals surface area contributed by atoms with Crippen LogP contribution in [0.3, 0.4) is 0 Å². The quantitative estimate of drug-likeness (QED) is 0.836. The summed E-state index contributed by atoms with van der Waals surface area (Å²) in [5.74, 6) is 0.933. The highest BCUT2D eigenvalue weighted by Gasteiger charge is 2.34. The van der Waals surface area contributed by atoms with Crippen LogP contribution >= 0.6 is 0 Å². The van der Waals surface area contributed by atoms with Gasteiger partial charge in [0.25, 0.3) is 5.56 Å². The standard InChI is InChI=1S/C14H19N3O2/c1-10(18)15-9-16-6-11-5-12(8-16)13-3-2-4-14(19)17(13)7-11/h2-4,11-12H,5-9H2,1H3,(H,15,18). The molecule has 0 saturated carbocycles. The highest BCUT2D eigenvalue weighted by molar-refractivity contribution is 5.72. The van der Waals surface area contributed by atoms with Crippen LogP contribution in [0.5, 0.6) is 0 Å². The van der Waals surface area contributed by atoms with Gasteiger partial charge in [0.2, 0.25) is 5.91 Å². The Labute approximate surface area is 112 Å². The fourth-order valence-corrected chi connectivity index (χ4v) is 3.35. The van der Waals surface area contributed by atoms with Crippen molar-refractivity contribution in [2.45, 2.75) is 25.8 Å². The number of fused-ring (bicyclic) bond motifs is 4. The first-order chi connectivity index (χ1) is 9.13. The molecule has 19 heavy (non-hydrogen) atoms. The van der Waals surface area contributed by atoms with Gasteiger partial charge in [0.05, 0.1) is 6.67 Å². The Kier molecular flexibility index (Phi) is 3.14. The first-order valence-electron chi connectivity index (χ1n) is 6.80. The lowest BCUT2D eigenvalue weighted by molar-refractivity contribution is -0.119. The summed E-state index contributed by atoms with van der Waals surface area (Å²) >= 11 is 0. The molecule has 2 bridgehead atoms. The molecular weight excluding hydrogens is 242 g/mol. The molecule has 3 rings (SSSR count). The topological polar surface area (TPSA) is 54.3 Å². The molecule has 102 valence electrons. The molecule has 0 radical (unpaired) electrons. The Balaban J connectivity index is 1.80. The number of amides is 1. The van der Waals surface area contributed by atoms with Crippen molar-refractivity contribution < 1.29 is 4.79 Å². The van der Waals surface area contributed by atoms with E-state index in [0.717, 1.165) is 31.7 Å². The average Bonchev–Trinajstić information content (AvgIpc) is 2.38. The molecule has 2 unspecified atom stereocenters. The third-order valence-corrected chi connectivity index (χ3v) is 4.11. The van der Waals surface area contributed by atoms with Crippen molar-refractivity contribution in [2.75, 3.05) is 19.8 Å². The van der Waals surface area contributed by atoms with E-state index in [1.165, 1.54) is 0 Å². The molecule has 1 aromatic heterocycles. The van der Waals surface area contributed by atoms with Gasteiger partial charge in [0.1, 0.15) is 0 Å². The summed E-state index contributed by atoms with van der Waals surface area (Å²) in [5.41, 5.74) is 1.26. The molecule has 0 aliphatic carbocycles. The second-order valence-corrected chi connectivity index (χ2v) is 5.63. The Morgan fingerprint density at radius 3 is 3.00 bits per heavy atom. The molecule has 1 amide bonds. The van der Waals surface area contributed by atoms with E-state index in [9.17, 15) is 9.59 Å². The first kappa shape index (κ1) is 12.4. The van der Waals surface area contributed by atoms with Crippen LogP contribution in [0.25, 0.3) is 0 Å². The molecule has 1 aromatic rings. The lowest BCUT2D eigenvalue weighted by atomic mass is 9.83. The van der Waals surface area contributed by atoms with Crippen LogP contribution in [0.15, 0.2) is 23.0 Å². The maximum Gasteiger partial charge on any atom is 0.250 e. The number of hydrogen-bond donors (Lipinski definition) is 1. The molecular formula is C14H19N3O2. The van der Waals surface area contributed by atoms with Crippen LogP contribution in [0, 0.1) is 5.92 Å². The zero-order valence-electron chi connectivity index (χ0n) is 11.1. The van der Waals surface area contributed by atoms with Gasteiger partial charge >= 0.3 is 0 Å². The van der Waals surface area contributed by atoms with E-state index >= 15 is 0 Å². The van der Waals surface area contributed by atoms with Gasteiger partial charge in [0, 0.05) is 44.2 Å². The number of rotatable bonds is 2. The number of carbonyl (C=O) groups excluding carboxylic acids is 1. The highest BCUT2D eigenvalue weighted by atomic mass is 16.1. The summed E-state index contributed by atoms with van der Waals surface area (Å²) < 4.78 is 1.93. The molecule has 1 saturated heterocycles. The molecule has 2 aliphatic rings. The molecule has 5 heteroatoms. The lowest BCUT2D eigenvalue weighted by Crippen LogP contribution is -2.50. The van der Waals surface area contributed by atoms with Gasteiger partial charge < -0.3 is 9.88 Å². The SMILES string of the molecule is CC(=O)NCN1CC2CC(C1)c1cccc(=O)n1C2. The summed E-state index contributed by atoms with van der Waals surface area (Å²) in [6.45, 7) is 4.83. The van der Waals surface area contributed by atoms with Crippen molar-refractivity contribution in [2.24, 2.45) is 5.92 Å². The number of nitrogens with one attached hydrogen (secondary N) is 1. The van der Waals surface area contributed by atoms with Gasteiger partial charge in [-0.1, -0.05) is 6.07 Å². The summed E-state index contributed by atoms with van der Waals surface area (Å²) in [4.78, 5) is 25.2. The van der Waals surface area contributed by atoms with E-state index in [-0.39, 0.29) is 11.5 Å². The number of likely N-dealkylation sites (tertiary alicyclic amines) is 1.